The van der Waals surface area contributed by atoms with Crippen LogP contribution in [-0.4, -0.2) is 34.1 Å². The van der Waals surface area contributed by atoms with Crippen LogP contribution in [0.2, 0.25) is 0 Å². The average Bonchev–Trinajstić information content (AvgIpc) is 2.80. The van der Waals surface area contributed by atoms with Crippen molar-refractivity contribution in [2.75, 3.05) is 19.6 Å². The lowest BCUT2D eigenvalue weighted by molar-refractivity contribution is 0.162. The first kappa shape index (κ1) is 11.6. The Labute approximate surface area is 97.4 Å². The topological polar surface area (TPSA) is 47.1 Å². The molecule has 0 aromatic carbocycles. The van der Waals surface area contributed by atoms with Gasteiger partial charge in [-0.1, -0.05) is 6.42 Å². The van der Waals surface area contributed by atoms with Crippen LogP contribution in [0.15, 0.2) is 12.5 Å². The maximum atomic E-state index is 5.94. The predicted molar refractivity (Wildman–Crippen MR) is 65.1 cm³/mol. The minimum Gasteiger partial charge on any atom is -0.333 e. The summed E-state index contributed by atoms with van der Waals surface area (Å²) in [4.78, 5) is 6.74. The third-order valence-electron chi connectivity index (χ3n) is 3.48. The second-order valence-corrected chi connectivity index (χ2v) is 4.45. The lowest BCUT2D eigenvalue weighted by Gasteiger charge is -2.34. The van der Waals surface area contributed by atoms with Gasteiger partial charge in [0, 0.05) is 19.3 Å². The van der Waals surface area contributed by atoms with Crippen LogP contribution in [0.3, 0.4) is 0 Å². The first-order valence-corrected chi connectivity index (χ1v) is 6.31. The summed E-state index contributed by atoms with van der Waals surface area (Å²) in [6.07, 6.45) is 7.84. The number of likely N-dealkylation sites (tertiary alicyclic amines) is 1. The predicted octanol–water partition coefficient (Wildman–Crippen LogP) is 1.39. The smallest absolute Gasteiger partial charge is 0.0948 e. The normalized spacial score (nSPS) is 19.9. The molecule has 1 aromatic rings. The zero-order chi connectivity index (χ0) is 11.4. The average molecular weight is 222 g/mol. The lowest BCUT2D eigenvalue weighted by Crippen LogP contribution is -2.38. The summed E-state index contributed by atoms with van der Waals surface area (Å²) in [5, 5.41) is 0. The van der Waals surface area contributed by atoms with E-state index in [2.05, 4.69) is 21.4 Å². The highest BCUT2D eigenvalue weighted by molar-refractivity contribution is 5.06. The molecule has 0 radical (unpaired) electrons. The standard InChI is InChI=1S/C12H22N4/c1-2-15-10-14-9-12(15)11(8-13)16-6-4-3-5-7-16/h9-11H,2-8,13H2,1H3. The highest BCUT2D eigenvalue weighted by atomic mass is 15.2. The third-order valence-corrected chi connectivity index (χ3v) is 3.48. The Hall–Kier alpha value is -0.870. The van der Waals surface area contributed by atoms with E-state index in [1.54, 1.807) is 0 Å². The highest BCUT2D eigenvalue weighted by Crippen LogP contribution is 2.23. The molecule has 16 heavy (non-hydrogen) atoms. The van der Waals surface area contributed by atoms with Crippen LogP contribution in [0.1, 0.15) is 37.9 Å². The molecular formula is C12H22N4. The quantitative estimate of drug-likeness (QED) is 0.837. The van der Waals surface area contributed by atoms with Gasteiger partial charge in [0.05, 0.1) is 18.1 Å². The van der Waals surface area contributed by atoms with Crippen molar-refractivity contribution in [3.63, 3.8) is 0 Å². The fourth-order valence-corrected chi connectivity index (χ4v) is 2.56. The van der Waals surface area contributed by atoms with E-state index < -0.39 is 0 Å². The van der Waals surface area contributed by atoms with E-state index in [0.717, 1.165) is 6.54 Å². The molecule has 2 rings (SSSR count). The van der Waals surface area contributed by atoms with Crippen LogP contribution < -0.4 is 5.73 Å². The van der Waals surface area contributed by atoms with Gasteiger partial charge in [-0.2, -0.15) is 0 Å². The van der Waals surface area contributed by atoms with Crippen molar-refractivity contribution >= 4 is 0 Å². The Balaban J connectivity index is 2.14. The van der Waals surface area contributed by atoms with Gasteiger partial charge < -0.3 is 10.3 Å². The van der Waals surface area contributed by atoms with Crippen molar-refractivity contribution in [2.24, 2.45) is 5.73 Å². The number of hydrogen-bond acceptors (Lipinski definition) is 3. The van der Waals surface area contributed by atoms with Gasteiger partial charge in [0.25, 0.3) is 0 Å². The summed E-state index contributed by atoms with van der Waals surface area (Å²) in [6.45, 7) is 6.16. The molecule has 0 bridgehead atoms. The summed E-state index contributed by atoms with van der Waals surface area (Å²) in [7, 11) is 0. The molecule has 1 aliphatic rings. The van der Waals surface area contributed by atoms with Gasteiger partial charge in [0.1, 0.15) is 0 Å². The maximum Gasteiger partial charge on any atom is 0.0948 e. The van der Waals surface area contributed by atoms with Crippen LogP contribution in [0.4, 0.5) is 0 Å². The van der Waals surface area contributed by atoms with Crippen molar-refractivity contribution in [2.45, 2.75) is 38.8 Å². The molecule has 1 unspecified atom stereocenters. The molecule has 1 atom stereocenters. The number of imidazole rings is 1. The molecule has 0 amide bonds. The lowest BCUT2D eigenvalue weighted by atomic mass is 10.1. The monoisotopic (exact) mass is 222 g/mol. The van der Waals surface area contributed by atoms with Crippen LogP contribution in [0.5, 0.6) is 0 Å². The number of rotatable bonds is 4. The Morgan fingerprint density at radius 2 is 2.12 bits per heavy atom. The SMILES string of the molecule is CCn1cncc1C(CN)N1CCCCC1. The van der Waals surface area contributed by atoms with Gasteiger partial charge in [-0.3, -0.25) is 4.90 Å². The van der Waals surface area contributed by atoms with Crippen LogP contribution in [0.25, 0.3) is 0 Å². The fourth-order valence-electron chi connectivity index (χ4n) is 2.56. The summed E-state index contributed by atoms with van der Waals surface area (Å²) >= 11 is 0. The molecule has 4 heteroatoms. The van der Waals surface area contributed by atoms with Crippen molar-refractivity contribution < 1.29 is 0 Å². The molecule has 2 N–H and O–H groups in total. The molecule has 2 heterocycles. The molecule has 1 fully saturated rings. The van der Waals surface area contributed by atoms with E-state index in [1.807, 2.05) is 12.5 Å². The van der Waals surface area contributed by atoms with Crippen molar-refractivity contribution in [1.82, 2.24) is 14.5 Å². The van der Waals surface area contributed by atoms with E-state index in [9.17, 15) is 0 Å². The van der Waals surface area contributed by atoms with Crippen molar-refractivity contribution in [1.29, 1.82) is 0 Å². The molecule has 1 saturated heterocycles. The second-order valence-electron chi connectivity index (χ2n) is 4.45. The molecule has 0 aliphatic carbocycles. The zero-order valence-corrected chi connectivity index (χ0v) is 10.1. The molecule has 4 nitrogen and oxygen atoms in total. The van der Waals surface area contributed by atoms with Gasteiger partial charge in [-0.05, 0) is 32.9 Å². The first-order chi connectivity index (χ1) is 7.86. The molecule has 0 saturated carbocycles. The summed E-state index contributed by atoms with van der Waals surface area (Å²) in [5.41, 5.74) is 7.21. The first-order valence-electron chi connectivity index (χ1n) is 6.31. The fraction of sp³-hybridized carbons (Fsp3) is 0.750. The summed E-state index contributed by atoms with van der Waals surface area (Å²) in [5.74, 6) is 0. The van der Waals surface area contributed by atoms with Crippen LogP contribution in [0, 0.1) is 0 Å². The van der Waals surface area contributed by atoms with E-state index in [1.165, 1.54) is 38.0 Å². The van der Waals surface area contributed by atoms with Crippen molar-refractivity contribution in [3.8, 4) is 0 Å². The van der Waals surface area contributed by atoms with Gasteiger partial charge in [-0.15, -0.1) is 0 Å². The van der Waals surface area contributed by atoms with Gasteiger partial charge in [0.15, 0.2) is 0 Å². The number of nitrogens with two attached hydrogens (primary N) is 1. The highest BCUT2D eigenvalue weighted by Gasteiger charge is 2.23. The minimum atomic E-state index is 0.350. The van der Waals surface area contributed by atoms with Gasteiger partial charge in [-0.25, -0.2) is 4.98 Å². The number of aromatic nitrogens is 2. The number of hydrogen-bond donors (Lipinski definition) is 1. The van der Waals surface area contributed by atoms with E-state index >= 15 is 0 Å². The van der Waals surface area contributed by atoms with Crippen molar-refractivity contribution in [3.05, 3.63) is 18.2 Å². The Morgan fingerprint density at radius 3 is 2.75 bits per heavy atom. The van der Waals surface area contributed by atoms with Crippen LogP contribution >= 0.6 is 0 Å². The molecule has 0 spiro atoms. The summed E-state index contributed by atoms with van der Waals surface area (Å²) < 4.78 is 2.20. The molecule has 90 valence electrons. The number of nitrogens with zero attached hydrogens (tertiary/aromatic N) is 3. The van der Waals surface area contributed by atoms with E-state index in [-0.39, 0.29) is 0 Å². The Bertz CT molecular complexity index is 315. The van der Waals surface area contributed by atoms with Crippen LogP contribution in [-0.2, 0) is 6.54 Å². The molecule has 1 aromatic heterocycles. The number of piperidine rings is 1. The summed E-state index contributed by atoms with van der Waals surface area (Å²) in [6, 6.07) is 0.350. The van der Waals surface area contributed by atoms with Gasteiger partial charge in [0.2, 0.25) is 0 Å². The van der Waals surface area contributed by atoms with E-state index in [0.29, 0.717) is 12.6 Å². The Morgan fingerprint density at radius 1 is 1.38 bits per heavy atom. The van der Waals surface area contributed by atoms with Gasteiger partial charge >= 0.3 is 0 Å². The number of aryl methyl sites for hydroxylation is 1. The minimum absolute atomic E-state index is 0.350. The molecule has 1 aliphatic heterocycles. The molecular weight excluding hydrogens is 200 g/mol. The third kappa shape index (κ3) is 2.28. The van der Waals surface area contributed by atoms with E-state index in [4.69, 9.17) is 5.73 Å². The maximum absolute atomic E-state index is 5.94. The second kappa shape index (κ2) is 5.46. The Kier molecular flexibility index (Phi) is 3.96. The largest absolute Gasteiger partial charge is 0.333 e. The zero-order valence-electron chi connectivity index (χ0n) is 10.1.